The van der Waals surface area contributed by atoms with E-state index < -0.39 is 0 Å². The number of anilines is 2. The molecule has 0 aliphatic carbocycles. The number of nitrogens with one attached hydrogen (secondary N) is 3. The van der Waals surface area contributed by atoms with E-state index in [1.165, 1.54) is 0 Å². The lowest BCUT2D eigenvalue weighted by Crippen LogP contribution is -2.30. The predicted octanol–water partition coefficient (Wildman–Crippen LogP) is 4.88. The lowest BCUT2D eigenvalue weighted by molar-refractivity contribution is -0.115. The molecule has 0 saturated heterocycles. The maximum absolute atomic E-state index is 12.6. The Morgan fingerprint density at radius 1 is 0.897 bits per heavy atom. The van der Waals surface area contributed by atoms with Crippen LogP contribution in [-0.4, -0.2) is 18.4 Å². The van der Waals surface area contributed by atoms with Gasteiger partial charge in [0.15, 0.2) is 0 Å². The minimum Gasteiger partial charge on any atom is -0.324 e. The van der Waals surface area contributed by atoms with E-state index in [-0.39, 0.29) is 24.4 Å². The zero-order valence-electron chi connectivity index (χ0n) is 16.0. The van der Waals surface area contributed by atoms with Crippen LogP contribution in [0.25, 0.3) is 0 Å². The molecule has 0 fully saturated rings. The van der Waals surface area contributed by atoms with Gasteiger partial charge in [-0.15, -0.1) is 0 Å². The van der Waals surface area contributed by atoms with Crippen LogP contribution in [0, 0.1) is 0 Å². The van der Waals surface area contributed by atoms with Crippen LogP contribution in [0.15, 0.2) is 78.9 Å². The SMILES string of the molecule is C[C@@H](NCC(=O)Nc1ccccc1C(=O)Nc1ccccc1)c1cccc(Cl)c1. The summed E-state index contributed by atoms with van der Waals surface area (Å²) >= 11 is 6.02. The Kier molecular flexibility index (Phi) is 7.00. The molecule has 0 saturated carbocycles. The van der Waals surface area contributed by atoms with Crippen molar-refractivity contribution in [3.05, 3.63) is 95.0 Å². The van der Waals surface area contributed by atoms with Gasteiger partial charge >= 0.3 is 0 Å². The van der Waals surface area contributed by atoms with Crippen LogP contribution in [0.2, 0.25) is 5.02 Å². The van der Waals surface area contributed by atoms with E-state index in [0.29, 0.717) is 22.0 Å². The Morgan fingerprint density at radius 2 is 1.62 bits per heavy atom. The van der Waals surface area contributed by atoms with Gasteiger partial charge in [0.1, 0.15) is 0 Å². The van der Waals surface area contributed by atoms with E-state index in [0.717, 1.165) is 5.56 Å². The molecule has 0 aliphatic rings. The fourth-order valence-electron chi connectivity index (χ4n) is 2.84. The zero-order valence-corrected chi connectivity index (χ0v) is 16.7. The molecule has 0 aromatic heterocycles. The van der Waals surface area contributed by atoms with Crippen molar-refractivity contribution in [2.75, 3.05) is 17.2 Å². The highest BCUT2D eigenvalue weighted by Gasteiger charge is 2.14. The largest absolute Gasteiger partial charge is 0.324 e. The Balaban J connectivity index is 1.61. The molecule has 148 valence electrons. The summed E-state index contributed by atoms with van der Waals surface area (Å²) in [5, 5.41) is 9.45. The summed E-state index contributed by atoms with van der Waals surface area (Å²) in [6.07, 6.45) is 0. The fraction of sp³-hybridized carbons (Fsp3) is 0.130. The van der Waals surface area contributed by atoms with Crippen molar-refractivity contribution < 1.29 is 9.59 Å². The van der Waals surface area contributed by atoms with Gasteiger partial charge in [-0.1, -0.05) is 54.1 Å². The van der Waals surface area contributed by atoms with Crippen molar-refractivity contribution in [1.29, 1.82) is 0 Å². The highest BCUT2D eigenvalue weighted by atomic mass is 35.5. The lowest BCUT2D eigenvalue weighted by Gasteiger charge is -2.15. The number of benzene rings is 3. The third-order valence-electron chi connectivity index (χ3n) is 4.39. The molecule has 1 atom stereocenters. The molecule has 0 radical (unpaired) electrons. The van der Waals surface area contributed by atoms with E-state index in [2.05, 4.69) is 16.0 Å². The van der Waals surface area contributed by atoms with Gasteiger partial charge in [-0.25, -0.2) is 0 Å². The van der Waals surface area contributed by atoms with E-state index in [4.69, 9.17) is 11.6 Å². The first-order chi connectivity index (χ1) is 14.0. The quantitative estimate of drug-likeness (QED) is 0.522. The minimum atomic E-state index is -0.285. The second-order valence-corrected chi connectivity index (χ2v) is 7.01. The van der Waals surface area contributed by atoms with E-state index >= 15 is 0 Å². The summed E-state index contributed by atoms with van der Waals surface area (Å²) in [4.78, 5) is 25.0. The number of para-hydroxylation sites is 2. The first kappa shape index (κ1) is 20.6. The average Bonchev–Trinajstić information content (AvgIpc) is 2.73. The van der Waals surface area contributed by atoms with Crippen LogP contribution in [0.5, 0.6) is 0 Å². The molecular weight excluding hydrogens is 386 g/mol. The molecule has 0 spiro atoms. The molecule has 0 unspecified atom stereocenters. The highest BCUT2D eigenvalue weighted by Crippen LogP contribution is 2.19. The highest BCUT2D eigenvalue weighted by molar-refractivity contribution is 6.30. The van der Waals surface area contributed by atoms with Gasteiger partial charge in [-0.2, -0.15) is 0 Å². The van der Waals surface area contributed by atoms with Crippen molar-refractivity contribution >= 4 is 34.8 Å². The third kappa shape index (κ3) is 5.91. The van der Waals surface area contributed by atoms with Gasteiger partial charge in [0.05, 0.1) is 17.8 Å². The lowest BCUT2D eigenvalue weighted by atomic mass is 10.1. The molecule has 5 nitrogen and oxygen atoms in total. The van der Waals surface area contributed by atoms with Crippen molar-refractivity contribution in [3.8, 4) is 0 Å². The Morgan fingerprint density at radius 3 is 2.38 bits per heavy atom. The maximum atomic E-state index is 12.6. The monoisotopic (exact) mass is 407 g/mol. The number of halogens is 1. The first-order valence-electron chi connectivity index (χ1n) is 9.27. The summed E-state index contributed by atoms with van der Waals surface area (Å²) in [5.74, 6) is -0.522. The second kappa shape index (κ2) is 9.87. The summed E-state index contributed by atoms with van der Waals surface area (Å²) in [7, 11) is 0. The zero-order chi connectivity index (χ0) is 20.6. The Bertz CT molecular complexity index is 992. The standard InChI is InChI=1S/C23H22ClN3O2/c1-16(17-8-7-9-18(24)14-17)25-15-22(28)27-21-13-6-5-12-20(21)23(29)26-19-10-3-2-4-11-19/h2-14,16,25H,15H2,1H3,(H,26,29)(H,27,28)/t16-/m1/s1. The number of hydrogen-bond donors (Lipinski definition) is 3. The molecule has 2 amide bonds. The summed E-state index contributed by atoms with van der Waals surface area (Å²) in [6.45, 7) is 2.06. The molecule has 3 aromatic rings. The average molecular weight is 408 g/mol. The predicted molar refractivity (Wildman–Crippen MR) is 117 cm³/mol. The molecule has 0 bridgehead atoms. The van der Waals surface area contributed by atoms with Crippen molar-refractivity contribution in [2.24, 2.45) is 0 Å². The Hall–Kier alpha value is -3.15. The minimum absolute atomic E-state index is 0.0453. The number of carbonyl (C=O) groups is 2. The summed E-state index contributed by atoms with van der Waals surface area (Å²) in [5.41, 5.74) is 2.54. The van der Waals surface area contributed by atoms with Gasteiger partial charge < -0.3 is 16.0 Å². The van der Waals surface area contributed by atoms with Crippen molar-refractivity contribution in [3.63, 3.8) is 0 Å². The number of carbonyl (C=O) groups excluding carboxylic acids is 2. The van der Waals surface area contributed by atoms with Crippen LogP contribution in [0.4, 0.5) is 11.4 Å². The molecule has 3 N–H and O–H groups in total. The second-order valence-electron chi connectivity index (χ2n) is 6.57. The maximum Gasteiger partial charge on any atom is 0.257 e. The van der Waals surface area contributed by atoms with Crippen molar-refractivity contribution in [2.45, 2.75) is 13.0 Å². The molecule has 0 aliphatic heterocycles. The molecule has 0 heterocycles. The topological polar surface area (TPSA) is 70.2 Å². The van der Waals surface area contributed by atoms with Gasteiger partial charge in [-0.3, -0.25) is 9.59 Å². The van der Waals surface area contributed by atoms with Gasteiger partial charge in [0.25, 0.3) is 5.91 Å². The van der Waals surface area contributed by atoms with E-state index in [9.17, 15) is 9.59 Å². The summed E-state index contributed by atoms with van der Waals surface area (Å²) < 4.78 is 0. The van der Waals surface area contributed by atoms with Crippen LogP contribution < -0.4 is 16.0 Å². The van der Waals surface area contributed by atoms with Crippen LogP contribution in [0.3, 0.4) is 0 Å². The molecule has 3 rings (SSSR count). The van der Waals surface area contributed by atoms with Crippen molar-refractivity contribution in [1.82, 2.24) is 5.32 Å². The first-order valence-corrected chi connectivity index (χ1v) is 9.65. The molecule has 29 heavy (non-hydrogen) atoms. The van der Waals surface area contributed by atoms with Gasteiger partial charge in [0.2, 0.25) is 5.91 Å². The number of amides is 2. The fourth-order valence-corrected chi connectivity index (χ4v) is 3.04. The van der Waals surface area contributed by atoms with Gasteiger partial charge in [0, 0.05) is 16.8 Å². The number of rotatable bonds is 7. The molecule has 3 aromatic carbocycles. The third-order valence-corrected chi connectivity index (χ3v) is 4.63. The smallest absolute Gasteiger partial charge is 0.257 e. The molecule has 6 heteroatoms. The van der Waals surface area contributed by atoms with Gasteiger partial charge in [-0.05, 0) is 48.9 Å². The normalized spacial score (nSPS) is 11.5. The van der Waals surface area contributed by atoms with E-state index in [1.807, 2.05) is 49.4 Å². The Labute approximate surface area is 175 Å². The van der Waals surface area contributed by atoms with Crippen LogP contribution in [0.1, 0.15) is 28.9 Å². The van der Waals surface area contributed by atoms with Crippen LogP contribution >= 0.6 is 11.6 Å². The number of hydrogen-bond acceptors (Lipinski definition) is 3. The van der Waals surface area contributed by atoms with Crippen LogP contribution in [-0.2, 0) is 4.79 Å². The molecular formula is C23H22ClN3O2. The van der Waals surface area contributed by atoms with E-state index in [1.54, 1.807) is 36.4 Å². The summed E-state index contributed by atoms with van der Waals surface area (Å²) in [6, 6.07) is 23.5.